The molecule has 3 N–H and O–H groups in total. The molecule has 0 radical (unpaired) electrons. The van der Waals surface area contributed by atoms with E-state index >= 15 is 0 Å². The standard InChI is InChI=1S/C29H33N3OS/c1-5-10-23-17-24(30)15-16-27(23)33-28-18-31-29(34-28)21(6-2)14-13-20(4)32-19-22(7-3)25-11-8-9-12-26(25)32/h6,8-9,11-19,29,31H,2,5,7,10,30H2,1,3-4H3/b20-13+,21-14+. The van der Waals surface area contributed by atoms with Gasteiger partial charge in [0.1, 0.15) is 11.1 Å². The van der Waals surface area contributed by atoms with Crippen LogP contribution in [0.2, 0.25) is 0 Å². The van der Waals surface area contributed by atoms with Crippen LogP contribution in [-0.4, -0.2) is 9.94 Å². The van der Waals surface area contributed by atoms with Crippen molar-refractivity contribution in [3.63, 3.8) is 0 Å². The number of anilines is 1. The van der Waals surface area contributed by atoms with Crippen LogP contribution in [0.15, 0.2) is 90.3 Å². The van der Waals surface area contributed by atoms with Gasteiger partial charge in [0.2, 0.25) is 0 Å². The largest absolute Gasteiger partial charge is 0.449 e. The molecule has 0 amide bonds. The number of aromatic nitrogens is 1. The number of allylic oxidation sites excluding steroid dienone is 3. The molecule has 0 spiro atoms. The average molecular weight is 472 g/mol. The van der Waals surface area contributed by atoms with Crippen LogP contribution in [0.25, 0.3) is 16.6 Å². The van der Waals surface area contributed by atoms with Crippen molar-refractivity contribution in [2.45, 2.75) is 45.4 Å². The molecule has 176 valence electrons. The van der Waals surface area contributed by atoms with Gasteiger partial charge in [0, 0.05) is 29.2 Å². The molecule has 0 fully saturated rings. The molecule has 1 aliphatic rings. The van der Waals surface area contributed by atoms with Crippen LogP contribution in [0.3, 0.4) is 0 Å². The van der Waals surface area contributed by atoms with Crippen molar-refractivity contribution in [2.75, 3.05) is 5.73 Å². The highest BCUT2D eigenvalue weighted by molar-refractivity contribution is 8.03. The second kappa shape index (κ2) is 10.7. The van der Waals surface area contributed by atoms with Gasteiger partial charge in [0.15, 0.2) is 5.09 Å². The molecular weight excluding hydrogens is 438 g/mol. The number of aryl methyl sites for hydroxylation is 2. The van der Waals surface area contributed by atoms with E-state index in [2.05, 4.69) is 79.8 Å². The SMILES string of the molecule is C=C/C(=C\C=C(/C)n1cc(CC)c2ccccc21)C1NC=C(Oc2ccc(N)cc2CCC)S1. The van der Waals surface area contributed by atoms with Crippen molar-refractivity contribution >= 4 is 34.0 Å². The van der Waals surface area contributed by atoms with Crippen LogP contribution in [0, 0.1) is 0 Å². The van der Waals surface area contributed by atoms with Gasteiger partial charge >= 0.3 is 0 Å². The van der Waals surface area contributed by atoms with Gasteiger partial charge in [-0.25, -0.2) is 0 Å². The Balaban J connectivity index is 1.50. The van der Waals surface area contributed by atoms with Gasteiger partial charge in [0.05, 0.1) is 5.52 Å². The Labute approximate surface area is 206 Å². The molecule has 1 aromatic heterocycles. The number of hydrogen-bond acceptors (Lipinski definition) is 4. The van der Waals surface area contributed by atoms with E-state index in [1.54, 1.807) is 11.8 Å². The second-order valence-electron chi connectivity index (χ2n) is 8.42. The highest BCUT2D eigenvalue weighted by Gasteiger charge is 2.22. The minimum atomic E-state index is 0.0487. The zero-order chi connectivity index (χ0) is 24.1. The summed E-state index contributed by atoms with van der Waals surface area (Å²) in [5.74, 6) is 0.864. The lowest BCUT2D eigenvalue weighted by Gasteiger charge is -2.14. The molecule has 0 saturated carbocycles. The zero-order valence-electron chi connectivity index (χ0n) is 20.2. The molecule has 1 atom stereocenters. The van der Waals surface area contributed by atoms with Crippen LogP contribution in [0.5, 0.6) is 5.75 Å². The molecular formula is C29H33N3OS. The van der Waals surface area contributed by atoms with E-state index in [1.807, 2.05) is 30.5 Å². The molecule has 4 nitrogen and oxygen atoms in total. The summed E-state index contributed by atoms with van der Waals surface area (Å²) >= 11 is 1.65. The third-order valence-corrected chi connectivity index (χ3v) is 7.09. The summed E-state index contributed by atoms with van der Waals surface area (Å²) in [6, 6.07) is 14.4. The monoisotopic (exact) mass is 471 g/mol. The summed E-state index contributed by atoms with van der Waals surface area (Å²) < 4.78 is 8.49. The minimum absolute atomic E-state index is 0.0487. The fourth-order valence-corrected chi connectivity index (χ4v) is 5.15. The van der Waals surface area contributed by atoms with Crippen LogP contribution in [-0.2, 0) is 12.8 Å². The van der Waals surface area contributed by atoms with Crippen molar-refractivity contribution in [1.82, 2.24) is 9.88 Å². The first kappa shape index (κ1) is 23.8. The zero-order valence-corrected chi connectivity index (χ0v) is 21.0. The number of hydrogen-bond donors (Lipinski definition) is 2. The Hall–Kier alpha value is -3.31. The normalized spacial score (nSPS) is 16.4. The lowest BCUT2D eigenvalue weighted by molar-refractivity contribution is 0.459. The minimum Gasteiger partial charge on any atom is -0.449 e. The maximum absolute atomic E-state index is 6.22. The van der Waals surface area contributed by atoms with E-state index in [4.69, 9.17) is 10.5 Å². The first-order chi connectivity index (χ1) is 16.5. The molecule has 3 aromatic rings. The number of nitrogens with zero attached hydrogens (tertiary/aromatic N) is 1. The van der Waals surface area contributed by atoms with Gasteiger partial charge in [-0.05, 0) is 66.8 Å². The molecule has 2 aromatic carbocycles. The van der Waals surface area contributed by atoms with E-state index in [0.29, 0.717) is 0 Å². The fraction of sp³-hybridized carbons (Fsp3) is 0.241. The first-order valence-electron chi connectivity index (χ1n) is 11.8. The van der Waals surface area contributed by atoms with Crippen molar-refractivity contribution in [3.8, 4) is 5.75 Å². The number of benzene rings is 2. The van der Waals surface area contributed by atoms with Crippen LogP contribution < -0.4 is 15.8 Å². The van der Waals surface area contributed by atoms with Crippen LogP contribution >= 0.6 is 11.8 Å². The predicted molar refractivity (Wildman–Crippen MR) is 148 cm³/mol. The van der Waals surface area contributed by atoms with Crippen molar-refractivity contribution in [2.24, 2.45) is 0 Å². The van der Waals surface area contributed by atoms with Gasteiger partial charge < -0.3 is 20.4 Å². The number of nitrogens with one attached hydrogen (secondary N) is 1. The third-order valence-electron chi connectivity index (χ3n) is 6.01. The summed E-state index contributed by atoms with van der Waals surface area (Å²) in [5.41, 5.74) is 12.7. The third kappa shape index (κ3) is 5.10. The number of thioether (sulfide) groups is 1. The summed E-state index contributed by atoms with van der Waals surface area (Å²) in [7, 11) is 0. The maximum Gasteiger partial charge on any atom is 0.178 e. The summed E-state index contributed by atoms with van der Waals surface area (Å²) in [4.78, 5) is 0. The number of nitrogen functional groups attached to an aromatic ring is 1. The Kier molecular flexibility index (Phi) is 7.53. The summed E-state index contributed by atoms with van der Waals surface area (Å²) in [6.45, 7) is 10.5. The highest BCUT2D eigenvalue weighted by Crippen LogP contribution is 2.35. The number of fused-ring (bicyclic) bond motifs is 1. The van der Waals surface area contributed by atoms with Crippen LogP contribution in [0.1, 0.15) is 38.3 Å². The Morgan fingerprint density at radius 2 is 2.00 bits per heavy atom. The molecule has 2 heterocycles. The lowest BCUT2D eigenvalue weighted by Crippen LogP contribution is -2.17. The molecule has 1 unspecified atom stereocenters. The molecule has 5 heteroatoms. The van der Waals surface area contributed by atoms with E-state index in [0.717, 1.165) is 52.6 Å². The van der Waals surface area contributed by atoms with Crippen molar-refractivity contribution < 1.29 is 4.74 Å². The second-order valence-corrected chi connectivity index (χ2v) is 9.53. The Bertz CT molecular complexity index is 1280. The number of ether oxygens (including phenoxy) is 1. The van der Waals surface area contributed by atoms with Gasteiger partial charge in [-0.3, -0.25) is 0 Å². The molecule has 0 bridgehead atoms. The van der Waals surface area contributed by atoms with Gasteiger partial charge in [-0.1, -0.05) is 69.0 Å². The van der Waals surface area contributed by atoms with Crippen molar-refractivity contribution in [3.05, 3.63) is 101 Å². The van der Waals surface area contributed by atoms with Gasteiger partial charge in [-0.2, -0.15) is 0 Å². The topological polar surface area (TPSA) is 52.2 Å². The molecule has 4 rings (SSSR count). The first-order valence-corrected chi connectivity index (χ1v) is 12.7. The van der Waals surface area contributed by atoms with E-state index in [1.165, 1.54) is 16.5 Å². The Morgan fingerprint density at radius 3 is 2.76 bits per heavy atom. The smallest absolute Gasteiger partial charge is 0.178 e. The highest BCUT2D eigenvalue weighted by atomic mass is 32.2. The quantitative estimate of drug-likeness (QED) is 0.255. The fourth-order valence-electron chi connectivity index (χ4n) is 4.20. The van der Waals surface area contributed by atoms with E-state index in [9.17, 15) is 0 Å². The molecule has 0 saturated heterocycles. The molecule has 0 aliphatic carbocycles. The molecule has 1 aliphatic heterocycles. The summed E-state index contributed by atoms with van der Waals surface area (Å²) in [5, 5.41) is 5.62. The predicted octanol–water partition coefficient (Wildman–Crippen LogP) is 7.25. The maximum atomic E-state index is 6.22. The number of nitrogens with two attached hydrogens (primary N) is 1. The van der Waals surface area contributed by atoms with Crippen molar-refractivity contribution in [1.29, 1.82) is 0 Å². The van der Waals surface area contributed by atoms with E-state index < -0.39 is 0 Å². The lowest BCUT2D eigenvalue weighted by atomic mass is 10.1. The molecule has 34 heavy (non-hydrogen) atoms. The van der Waals surface area contributed by atoms with Crippen LogP contribution in [0.4, 0.5) is 5.69 Å². The van der Waals surface area contributed by atoms with Gasteiger partial charge in [0.25, 0.3) is 0 Å². The Morgan fingerprint density at radius 1 is 1.18 bits per heavy atom. The summed E-state index contributed by atoms with van der Waals surface area (Å²) in [6.07, 6.45) is 13.4. The number of para-hydroxylation sites is 1. The number of rotatable bonds is 9. The van der Waals surface area contributed by atoms with E-state index in [-0.39, 0.29) is 5.37 Å². The average Bonchev–Trinajstić information content (AvgIpc) is 3.46. The van der Waals surface area contributed by atoms with Gasteiger partial charge in [-0.15, -0.1) is 0 Å².